The maximum absolute atomic E-state index is 14.5. The number of nitrogens with zero attached hydrogens (tertiary/aromatic N) is 3. The van der Waals surface area contributed by atoms with Gasteiger partial charge in [-0.05, 0) is 75.6 Å². The van der Waals surface area contributed by atoms with Crippen LogP contribution in [0.1, 0.15) is 38.3 Å². The Labute approximate surface area is 221 Å². The van der Waals surface area contributed by atoms with E-state index < -0.39 is 17.5 Å². The van der Waals surface area contributed by atoms with E-state index in [1.54, 1.807) is 18.5 Å². The fraction of sp³-hybridized carbons (Fsp3) is 0.300. The third-order valence-electron chi connectivity index (χ3n) is 6.65. The van der Waals surface area contributed by atoms with E-state index in [0.717, 1.165) is 39.8 Å². The van der Waals surface area contributed by atoms with Crippen molar-refractivity contribution >= 4 is 22.7 Å². The van der Waals surface area contributed by atoms with Crippen molar-refractivity contribution in [2.24, 2.45) is 0 Å². The number of halogens is 1. The molecule has 8 heteroatoms. The molecule has 1 fully saturated rings. The molecule has 194 valence electrons. The number of ether oxygens (including phenoxy) is 1. The van der Waals surface area contributed by atoms with Crippen LogP contribution in [-0.2, 0) is 4.74 Å². The fourth-order valence-electron chi connectivity index (χ4n) is 5.02. The van der Waals surface area contributed by atoms with Crippen molar-refractivity contribution in [1.29, 1.82) is 5.26 Å². The number of anilines is 1. The Morgan fingerprint density at radius 1 is 1.21 bits per heavy atom. The number of aromatic nitrogens is 2. The van der Waals surface area contributed by atoms with Crippen LogP contribution in [0.3, 0.4) is 0 Å². The Morgan fingerprint density at radius 3 is 2.74 bits per heavy atom. The second kappa shape index (κ2) is 9.82. The minimum absolute atomic E-state index is 0.120. The van der Waals surface area contributed by atoms with Crippen LogP contribution in [0.4, 0.5) is 14.9 Å². The molecule has 1 atom stereocenters. The minimum Gasteiger partial charge on any atom is -0.444 e. The van der Waals surface area contributed by atoms with Crippen LogP contribution in [0.2, 0.25) is 0 Å². The zero-order valence-electron chi connectivity index (χ0n) is 21.9. The number of aryl methyl sites for hydroxylation is 1. The molecule has 7 nitrogen and oxygen atoms in total. The lowest BCUT2D eigenvalue weighted by Gasteiger charge is -2.26. The molecule has 1 saturated heterocycles. The minimum atomic E-state index is -0.586. The van der Waals surface area contributed by atoms with Gasteiger partial charge in [0, 0.05) is 47.5 Å². The molecule has 1 aliphatic rings. The largest absolute Gasteiger partial charge is 0.444 e. The Balaban J connectivity index is 1.59. The van der Waals surface area contributed by atoms with E-state index in [1.807, 2.05) is 39.0 Å². The highest BCUT2D eigenvalue weighted by Crippen LogP contribution is 2.41. The summed E-state index contributed by atoms with van der Waals surface area (Å²) in [6.07, 6.45) is 3.78. The van der Waals surface area contributed by atoms with Crippen LogP contribution in [0, 0.1) is 24.1 Å². The van der Waals surface area contributed by atoms with Crippen molar-refractivity contribution < 1.29 is 13.9 Å². The average molecular weight is 512 g/mol. The number of pyridine rings is 1. The first kappa shape index (κ1) is 25.3. The summed E-state index contributed by atoms with van der Waals surface area (Å²) in [5.74, 6) is -0.484. The smallest absolute Gasteiger partial charge is 0.407 e. The zero-order chi connectivity index (χ0) is 27.0. The van der Waals surface area contributed by atoms with Gasteiger partial charge < -0.3 is 19.9 Å². The molecule has 1 amide bonds. The van der Waals surface area contributed by atoms with Crippen LogP contribution in [0.5, 0.6) is 0 Å². The van der Waals surface area contributed by atoms with E-state index >= 15 is 0 Å². The van der Waals surface area contributed by atoms with Gasteiger partial charge >= 0.3 is 6.09 Å². The first-order chi connectivity index (χ1) is 18.1. The van der Waals surface area contributed by atoms with Gasteiger partial charge in [0.1, 0.15) is 11.4 Å². The number of carbonyl (C=O) groups is 1. The lowest BCUT2D eigenvalue weighted by molar-refractivity contribution is 0.0509. The number of hydrogen-bond donors (Lipinski definition) is 2. The van der Waals surface area contributed by atoms with Crippen molar-refractivity contribution in [1.82, 2.24) is 15.3 Å². The van der Waals surface area contributed by atoms with E-state index in [9.17, 15) is 14.4 Å². The third-order valence-corrected chi connectivity index (χ3v) is 6.65. The number of nitriles is 1. The van der Waals surface area contributed by atoms with E-state index in [0.29, 0.717) is 24.2 Å². The number of aromatic amines is 1. The Kier molecular flexibility index (Phi) is 6.53. The number of hydrogen-bond acceptors (Lipinski definition) is 5. The number of carbonyl (C=O) groups excluding carboxylic acids is 1. The zero-order valence-corrected chi connectivity index (χ0v) is 21.9. The Bertz CT molecular complexity index is 1560. The number of fused-ring (bicyclic) bond motifs is 1. The molecule has 2 N–H and O–H groups in total. The highest BCUT2D eigenvalue weighted by molar-refractivity contribution is 5.95. The maximum atomic E-state index is 14.5. The number of benzene rings is 2. The highest BCUT2D eigenvalue weighted by Gasteiger charge is 2.30. The summed E-state index contributed by atoms with van der Waals surface area (Å²) < 4.78 is 20.0. The molecule has 0 unspecified atom stereocenters. The van der Waals surface area contributed by atoms with Gasteiger partial charge in [-0.1, -0.05) is 12.1 Å². The molecule has 2 aromatic heterocycles. The van der Waals surface area contributed by atoms with Crippen LogP contribution >= 0.6 is 0 Å². The van der Waals surface area contributed by atoms with Crippen LogP contribution in [-0.4, -0.2) is 40.8 Å². The number of amides is 1. The van der Waals surface area contributed by atoms with Gasteiger partial charge in [-0.2, -0.15) is 5.26 Å². The SMILES string of the molecule is Cc1cccc2[nH]c(-c3cncc(-c4cc(F)cc(C#N)c4)c3N3CC[C@H](NC(=O)OC(C)(C)C)C3)cc12. The number of nitrogens with one attached hydrogen (secondary N) is 2. The monoisotopic (exact) mass is 511 g/mol. The summed E-state index contributed by atoms with van der Waals surface area (Å²) in [5, 5.41) is 13.5. The average Bonchev–Trinajstić information content (AvgIpc) is 3.50. The predicted octanol–water partition coefficient (Wildman–Crippen LogP) is 6.32. The summed E-state index contributed by atoms with van der Waals surface area (Å²) in [4.78, 5) is 22.6. The van der Waals surface area contributed by atoms with Gasteiger partial charge in [0.05, 0.1) is 29.1 Å². The van der Waals surface area contributed by atoms with Crippen molar-refractivity contribution in [3.05, 3.63) is 71.8 Å². The maximum Gasteiger partial charge on any atom is 0.407 e. The van der Waals surface area contributed by atoms with Crippen molar-refractivity contribution in [2.75, 3.05) is 18.0 Å². The van der Waals surface area contributed by atoms with Gasteiger partial charge in [0.2, 0.25) is 0 Å². The van der Waals surface area contributed by atoms with Crippen LogP contribution in [0.25, 0.3) is 33.3 Å². The topological polar surface area (TPSA) is 94.0 Å². The lowest BCUT2D eigenvalue weighted by atomic mass is 9.98. The molecule has 0 aliphatic carbocycles. The number of H-pyrrole nitrogens is 1. The molecule has 3 heterocycles. The molecular formula is C30H30FN5O2. The first-order valence-corrected chi connectivity index (χ1v) is 12.6. The van der Waals surface area contributed by atoms with Crippen molar-refractivity contribution in [3.8, 4) is 28.5 Å². The fourth-order valence-corrected chi connectivity index (χ4v) is 5.02. The molecule has 0 bridgehead atoms. The highest BCUT2D eigenvalue weighted by atomic mass is 19.1. The second-order valence-electron chi connectivity index (χ2n) is 10.7. The molecule has 38 heavy (non-hydrogen) atoms. The van der Waals surface area contributed by atoms with Crippen molar-refractivity contribution in [3.63, 3.8) is 0 Å². The molecular weight excluding hydrogens is 481 g/mol. The molecule has 0 spiro atoms. The van der Waals surface area contributed by atoms with E-state index in [4.69, 9.17) is 4.74 Å². The second-order valence-corrected chi connectivity index (χ2v) is 10.7. The quantitative estimate of drug-likeness (QED) is 0.334. The van der Waals surface area contributed by atoms with Crippen LogP contribution < -0.4 is 10.2 Å². The summed E-state index contributed by atoms with van der Waals surface area (Å²) in [7, 11) is 0. The summed E-state index contributed by atoms with van der Waals surface area (Å²) in [5.41, 5.74) is 5.72. The molecule has 0 saturated carbocycles. The molecule has 5 rings (SSSR count). The van der Waals surface area contributed by atoms with Gasteiger partial charge in [-0.25, -0.2) is 9.18 Å². The third kappa shape index (κ3) is 5.18. The Hall–Kier alpha value is -4.38. The van der Waals surface area contributed by atoms with Gasteiger partial charge in [-0.3, -0.25) is 4.98 Å². The van der Waals surface area contributed by atoms with E-state index in [-0.39, 0.29) is 11.6 Å². The van der Waals surface area contributed by atoms with E-state index in [1.165, 1.54) is 12.1 Å². The normalized spacial score (nSPS) is 15.5. The first-order valence-electron chi connectivity index (χ1n) is 12.6. The molecule has 1 aliphatic heterocycles. The number of rotatable bonds is 4. The van der Waals surface area contributed by atoms with Gasteiger partial charge in [0.25, 0.3) is 0 Å². The van der Waals surface area contributed by atoms with Crippen LogP contribution in [0.15, 0.2) is 54.9 Å². The summed E-state index contributed by atoms with van der Waals surface area (Å²) in [6.45, 7) is 8.78. The molecule has 0 radical (unpaired) electrons. The molecule has 4 aromatic rings. The molecule has 2 aromatic carbocycles. The standard InChI is InChI=1S/C30H30FN5O2/c1-18-6-5-7-26-23(18)13-27(35-26)25-16-33-15-24(20-10-19(14-32)11-21(31)12-20)28(25)36-9-8-22(17-36)34-29(37)38-30(2,3)4/h5-7,10-13,15-16,22,35H,8-9,17H2,1-4H3,(H,34,37)/t22-/m0/s1. The lowest BCUT2D eigenvalue weighted by Crippen LogP contribution is -2.40. The summed E-state index contributed by atoms with van der Waals surface area (Å²) >= 11 is 0. The van der Waals surface area contributed by atoms with Gasteiger partial charge in [-0.15, -0.1) is 0 Å². The predicted molar refractivity (Wildman–Crippen MR) is 146 cm³/mol. The van der Waals surface area contributed by atoms with E-state index in [2.05, 4.69) is 39.2 Å². The number of alkyl carbamates (subject to hydrolysis) is 1. The Morgan fingerprint density at radius 2 is 2.00 bits per heavy atom. The summed E-state index contributed by atoms with van der Waals surface area (Å²) in [6, 6.07) is 14.5. The van der Waals surface area contributed by atoms with Crippen molar-refractivity contribution in [2.45, 2.75) is 45.8 Å². The van der Waals surface area contributed by atoms with Gasteiger partial charge in [0.15, 0.2) is 0 Å².